The first-order valence-corrected chi connectivity index (χ1v) is 6.75. The molecule has 2 atom stereocenters. The van der Waals surface area contributed by atoms with E-state index in [1.165, 1.54) is 11.3 Å². The van der Waals surface area contributed by atoms with Gasteiger partial charge in [-0.3, -0.25) is 0 Å². The molecule has 0 aromatic heterocycles. The van der Waals surface area contributed by atoms with Crippen molar-refractivity contribution < 1.29 is 4.74 Å². The number of methoxy groups -OCH3 is 1. The van der Waals surface area contributed by atoms with E-state index in [-0.39, 0.29) is 6.04 Å². The standard InChI is InChI=1S/C15H26N2O/c1-5-14(16)13-9-7-8-10-15(13)17(6-2)12(3)11-18-4/h7-10,12,14H,5-6,11,16H2,1-4H3/t12?,14-/m0/s1. The molecule has 0 spiro atoms. The van der Waals surface area contributed by atoms with E-state index < -0.39 is 0 Å². The highest BCUT2D eigenvalue weighted by molar-refractivity contribution is 5.55. The fourth-order valence-corrected chi connectivity index (χ4v) is 2.33. The van der Waals surface area contributed by atoms with Crippen molar-refractivity contribution in [2.24, 2.45) is 5.73 Å². The molecule has 0 aliphatic carbocycles. The van der Waals surface area contributed by atoms with Gasteiger partial charge in [0.2, 0.25) is 0 Å². The zero-order valence-electron chi connectivity index (χ0n) is 12.0. The van der Waals surface area contributed by atoms with Crippen LogP contribution < -0.4 is 10.6 Å². The third kappa shape index (κ3) is 3.47. The van der Waals surface area contributed by atoms with Crippen molar-refractivity contribution in [3.63, 3.8) is 0 Å². The van der Waals surface area contributed by atoms with Crippen LogP contribution in [0.25, 0.3) is 0 Å². The van der Waals surface area contributed by atoms with Gasteiger partial charge in [-0.05, 0) is 31.9 Å². The summed E-state index contributed by atoms with van der Waals surface area (Å²) in [6.45, 7) is 8.15. The second kappa shape index (κ2) is 7.39. The highest BCUT2D eigenvalue weighted by Crippen LogP contribution is 2.28. The lowest BCUT2D eigenvalue weighted by Crippen LogP contribution is -2.37. The average molecular weight is 250 g/mol. The number of hydrogen-bond acceptors (Lipinski definition) is 3. The number of likely N-dealkylation sites (N-methyl/N-ethyl adjacent to an activating group) is 1. The lowest BCUT2D eigenvalue weighted by atomic mass is 10.0. The monoisotopic (exact) mass is 250 g/mol. The van der Waals surface area contributed by atoms with E-state index in [4.69, 9.17) is 10.5 Å². The molecular weight excluding hydrogens is 224 g/mol. The Hall–Kier alpha value is -1.06. The number of ether oxygens (including phenoxy) is 1. The molecule has 0 heterocycles. The number of anilines is 1. The van der Waals surface area contributed by atoms with Gasteiger partial charge in [-0.1, -0.05) is 25.1 Å². The molecule has 18 heavy (non-hydrogen) atoms. The summed E-state index contributed by atoms with van der Waals surface area (Å²) >= 11 is 0. The van der Waals surface area contributed by atoms with Crippen LogP contribution in [0.5, 0.6) is 0 Å². The van der Waals surface area contributed by atoms with Gasteiger partial charge in [-0.15, -0.1) is 0 Å². The first-order valence-electron chi connectivity index (χ1n) is 6.75. The van der Waals surface area contributed by atoms with Crippen molar-refractivity contribution >= 4 is 5.69 Å². The van der Waals surface area contributed by atoms with Crippen molar-refractivity contribution in [2.75, 3.05) is 25.2 Å². The van der Waals surface area contributed by atoms with Crippen molar-refractivity contribution in [1.29, 1.82) is 0 Å². The Kier molecular flexibility index (Phi) is 6.16. The third-order valence-electron chi connectivity index (χ3n) is 3.37. The van der Waals surface area contributed by atoms with E-state index in [1.807, 2.05) is 0 Å². The molecule has 0 radical (unpaired) electrons. The van der Waals surface area contributed by atoms with E-state index >= 15 is 0 Å². The molecule has 1 unspecified atom stereocenters. The number of nitrogens with two attached hydrogens (primary N) is 1. The van der Waals surface area contributed by atoms with Gasteiger partial charge in [0.05, 0.1) is 6.61 Å². The van der Waals surface area contributed by atoms with Gasteiger partial charge in [0.1, 0.15) is 0 Å². The van der Waals surface area contributed by atoms with Gasteiger partial charge < -0.3 is 15.4 Å². The molecule has 1 rings (SSSR count). The predicted octanol–water partition coefficient (Wildman–Crippen LogP) is 2.96. The summed E-state index contributed by atoms with van der Waals surface area (Å²) in [5.74, 6) is 0. The predicted molar refractivity (Wildman–Crippen MR) is 78.0 cm³/mol. The zero-order valence-corrected chi connectivity index (χ0v) is 12.0. The zero-order chi connectivity index (χ0) is 13.5. The molecule has 1 aromatic carbocycles. The van der Waals surface area contributed by atoms with Crippen molar-refractivity contribution in [3.05, 3.63) is 29.8 Å². The molecule has 102 valence electrons. The SMILES string of the molecule is CC[C@H](N)c1ccccc1N(CC)C(C)COC. The van der Waals surface area contributed by atoms with Crippen LogP contribution >= 0.6 is 0 Å². The third-order valence-corrected chi connectivity index (χ3v) is 3.37. The van der Waals surface area contributed by atoms with Gasteiger partial charge in [-0.2, -0.15) is 0 Å². The maximum absolute atomic E-state index is 6.20. The maximum Gasteiger partial charge on any atom is 0.0663 e. The molecule has 1 aromatic rings. The molecule has 0 aliphatic heterocycles. The minimum atomic E-state index is 0.102. The van der Waals surface area contributed by atoms with Crippen molar-refractivity contribution in [1.82, 2.24) is 0 Å². The number of benzene rings is 1. The molecule has 0 saturated heterocycles. The highest BCUT2D eigenvalue weighted by atomic mass is 16.5. The Morgan fingerprint density at radius 2 is 1.94 bits per heavy atom. The molecule has 0 fully saturated rings. The van der Waals surface area contributed by atoms with Crippen LogP contribution in [-0.4, -0.2) is 26.3 Å². The van der Waals surface area contributed by atoms with Crippen molar-refractivity contribution in [3.8, 4) is 0 Å². The van der Waals surface area contributed by atoms with E-state index in [0.717, 1.165) is 19.6 Å². The van der Waals surface area contributed by atoms with E-state index in [0.29, 0.717) is 6.04 Å². The molecule has 0 amide bonds. The first-order chi connectivity index (χ1) is 8.65. The topological polar surface area (TPSA) is 38.5 Å². The van der Waals surface area contributed by atoms with Crippen molar-refractivity contribution in [2.45, 2.75) is 39.3 Å². The lowest BCUT2D eigenvalue weighted by molar-refractivity contribution is 0.182. The second-order valence-electron chi connectivity index (χ2n) is 4.66. The minimum absolute atomic E-state index is 0.102. The highest BCUT2D eigenvalue weighted by Gasteiger charge is 2.17. The van der Waals surface area contributed by atoms with Crippen LogP contribution in [0.2, 0.25) is 0 Å². The molecule has 0 saturated carbocycles. The van der Waals surface area contributed by atoms with Crippen LogP contribution in [-0.2, 0) is 4.74 Å². The maximum atomic E-state index is 6.20. The number of hydrogen-bond donors (Lipinski definition) is 1. The largest absolute Gasteiger partial charge is 0.383 e. The summed E-state index contributed by atoms with van der Waals surface area (Å²) in [4.78, 5) is 2.36. The molecule has 2 N–H and O–H groups in total. The molecule has 0 aliphatic rings. The molecular formula is C15H26N2O. The van der Waals surface area contributed by atoms with Crippen LogP contribution in [0.1, 0.15) is 38.8 Å². The Morgan fingerprint density at radius 3 is 2.50 bits per heavy atom. The number of para-hydroxylation sites is 1. The van der Waals surface area contributed by atoms with E-state index in [9.17, 15) is 0 Å². The second-order valence-corrected chi connectivity index (χ2v) is 4.66. The minimum Gasteiger partial charge on any atom is -0.383 e. The van der Waals surface area contributed by atoms with Gasteiger partial charge >= 0.3 is 0 Å². The smallest absolute Gasteiger partial charge is 0.0663 e. The Balaban J connectivity index is 3.05. The Labute approximate surface area is 111 Å². The normalized spacial score (nSPS) is 14.3. The Bertz CT molecular complexity index is 354. The van der Waals surface area contributed by atoms with Crippen LogP contribution in [0.4, 0.5) is 5.69 Å². The summed E-state index contributed by atoms with van der Waals surface area (Å²) in [7, 11) is 1.74. The summed E-state index contributed by atoms with van der Waals surface area (Å²) in [6, 6.07) is 8.87. The summed E-state index contributed by atoms with van der Waals surface area (Å²) in [5.41, 5.74) is 8.67. The van der Waals surface area contributed by atoms with E-state index in [1.54, 1.807) is 7.11 Å². The number of rotatable bonds is 7. The van der Waals surface area contributed by atoms with E-state index in [2.05, 4.69) is 49.9 Å². The summed E-state index contributed by atoms with van der Waals surface area (Å²) in [5, 5.41) is 0. The van der Waals surface area contributed by atoms with Gasteiger partial charge in [0, 0.05) is 31.4 Å². The number of nitrogens with zero attached hydrogens (tertiary/aromatic N) is 1. The quantitative estimate of drug-likeness (QED) is 0.808. The molecule has 3 heteroatoms. The summed E-state index contributed by atoms with van der Waals surface area (Å²) < 4.78 is 5.26. The fourth-order valence-electron chi connectivity index (χ4n) is 2.33. The fraction of sp³-hybridized carbons (Fsp3) is 0.600. The van der Waals surface area contributed by atoms with Gasteiger partial charge in [-0.25, -0.2) is 0 Å². The van der Waals surface area contributed by atoms with Gasteiger partial charge in [0.25, 0.3) is 0 Å². The summed E-state index contributed by atoms with van der Waals surface area (Å²) in [6.07, 6.45) is 0.952. The average Bonchev–Trinajstić information content (AvgIpc) is 2.39. The van der Waals surface area contributed by atoms with Crippen LogP contribution in [0, 0.1) is 0 Å². The molecule has 0 bridgehead atoms. The van der Waals surface area contributed by atoms with Crippen LogP contribution in [0.3, 0.4) is 0 Å². The molecule has 3 nitrogen and oxygen atoms in total. The Morgan fingerprint density at radius 1 is 1.28 bits per heavy atom. The van der Waals surface area contributed by atoms with Crippen LogP contribution in [0.15, 0.2) is 24.3 Å². The first kappa shape index (κ1) is 15.0. The lowest BCUT2D eigenvalue weighted by Gasteiger charge is -2.32. The van der Waals surface area contributed by atoms with Gasteiger partial charge in [0.15, 0.2) is 0 Å².